The fourth-order valence-electron chi connectivity index (χ4n) is 3.57. The lowest BCUT2D eigenvalue weighted by atomic mass is 10.1. The lowest BCUT2D eigenvalue weighted by molar-refractivity contribution is 0.0216. The number of hydrogen-bond donors (Lipinski definition) is 0. The second-order valence-electron chi connectivity index (χ2n) is 8.63. The number of rotatable bonds is 2. The lowest BCUT2D eigenvalue weighted by Crippen LogP contribution is -2.54. The molecule has 1 unspecified atom stereocenters. The summed E-state index contributed by atoms with van der Waals surface area (Å²) in [6.07, 6.45) is 1.28. The predicted octanol–water partition coefficient (Wildman–Crippen LogP) is 5.64. The summed E-state index contributed by atoms with van der Waals surface area (Å²) in [5.74, 6) is 0. The molecule has 2 aromatic heterocycles. The first-order chi connectivity index (χ1) is 14.6. The largest absolute Gasteiger partial charge is 0.444 e. The van der Waals surface area contributed by atoms with E-state index in [0.29, 0.717) is 52.5 Å². The third-order valence-electron chi connectivity index (χ3n) is 4.97. The number of nitrogens with zero attached hydrogens (tertiary/aromatic N) is 4. The summed E-state index contributed by atoms with van der Waals surface area (Å²) >= 11 is 12.3. The Morgan fingerprint density at radius 2 is 1.97 bits per heavy atom. The van der Waals surface area contributed by atoms with Crippen LogP contribution in [0, 0.1) is 0 Å². The van der Waals surface area contributed by atoms with Gasteiger partial charge in [0.2, 0.25) is 0 Å². The molecular formula is C22H24Cl2N4O3. The molecule has 1 aliphatic rings. The van der Waals surface area contributed by atoms with Crippen LogP contribution in [0.3, 0.4) is 0 Å². The molecular weight excluding hydrogens is 439 g/mol. The fourth-order valence-corrected chi connectivity index (χ4v) is 3.89. The molecule has 1 fully saturated rings. The van der Waals surface area contributed by atoms with Crippen molar-refractivity contribution in [3.05, 3.63) is 40.5 Å². The van der Waals surface area contributed by atoms with Crippen molar-refractivity contribution in [2.75, 3.05) is 24.5 Å². The van der Waals surface area contributed by atoms with Crippen molar-refractivity contribution in [1.29, 1.82) is 0 Å². The average molecular weight is 463 g/mol. The number of pyridine rings is 1. The van der Waals surface area contributed by atoms with E-state index >= 15 is 0 Å². The van der Waals surface area contributed by atoms with Gasteiger partial charge in [0.25, 0.3) is 6.01 Å². The van der Waals surface area contributed by atoms with Gasteiger partial charge in [-0.3, -0.25) is 4.98 Å². The van der Waals surface area contributed by atoms with Gasteiger partial charge in [-0.25, -0.2) is 4.79 Å². The van der Waals surface area contributed by atoms with Gasteiger partial charge in [0, 0.05) is 42.5 Å². The lowest BCUT2D eigenvalue weighted by Gasteiger charge is -2.39. The number of amides is 1. The molecule has 0 N–H and O–H groups in total. The van der Waals surface area contributed by atoms with Gasteiger partial charge in [-0.2, -0.15) is 4.98 Å². The van der Waals surface area contributed by atoms with Crippen LogP contribution in [0.15, 0.2) is 34.9 Å². The van der Waals surface area contributed by atoms with Gasteiger partial charge in [-0.1, -0.05) is 23.2 Å². The van der Waals surface area contributed by atoms with Gasteiger partial charge >= 0.3 is 6.09 Å². The molecule has 4 rings (SSSR count). The first-order valence-electron chi connectivity index (χ1n) is 10.1. The minimum Gasteiger partial charge on any atom is -0.444 e. The van der Waals surface area contributed by atoms with E-state index < -0.39 is 5.60 Å². The summed E-state index contributed by atoms with van der Waals surface area (Å²) in [7, 11) is 0. The number of hydrogen-bond acceptors (Lipinski definition) is 6. The van der Waals surface area contributed by atoms with Crippen molar-refractivity contribution in [3.63, 3.8) is 0 Å². The van der Waals surface area contributed by atoms with Gasteiger partial charge in [0.1, 0.15) is 11.1 Å². The zero-order chi connectivity index (χ0) is 22.3. The van der Waals surface area contributed by atoms with Gasteiger partial charge in [0.05, 0.1) is 10.7 Å². The number of piperazine rings is 1. The molecule has 0 aliphatic carbocycles. The molecule has 164 valence electrons. The van der Waals surface area contributed by atoms with Crippen LogP contribution in [0.5, 0.6) is 0 Å². The van der Waals surface area contributed by atoms with Gasteiger partial charge in [-0.05, 0) is 52.0 Å². The number of halogens is 2. The smallest absolute Gasteiger partial charge is 0.410 e. The molecule has 0 bridgehead atoms. The number of ether oxygens (including phenoxy) is 1. The number of benzene rings is 1. The van der Waals surface area contributed by atoms with E-state index in [9.17, 15) is 4.79 Å². The number of aromatic nitrogens is 2. The van der Waals surface area contributed by atoms with E-state index in [1.807, 2.05) is 38.7 Å². The first-order valence-corrected chi connectivity index (χ1v) is 10.8. The number of carbonyl (C=O) groups excluding carboxylic acids is 1. The van der Waals surface area contributed by atoms with Crippen molar-refractivity contribution in [2.45, 2.75) is 39.3 Å². The standard InChI is InChI=1S/C22H24Cl2N4O3/c1-13-12-27(21(29)31-22(2,3)4)7-8-28(13)20-26-18-10-15(24)9-16(19(18)30-20)17-6-5-14(23)11-25-17/h5-6,9-11,13H,7-8,12H2,1-4H3. The van der Waals surface area contributed by atoms with Crippen LogP contribution in [0.25, 0.3) is 22.4 Å². The normalized spacial score (nSPS) is 17.3. The highest BCUT2D eigenvalue weighted by atomic mass is 35.5. The molecule has 1 atom stereocenters. The van der Waals surface area contributed by atoms with Crippen molar-refractivity contribution in [3.8, 4) is 11.3 Å². The minimum atomic E-state index is -0.525. The second kappa shape index (κ2) is 8.20. The summed E-state index contributed by atoms with van der Waals surface area (Å²) in [4.78, 5) is 25.2. The Hall–Kier alpha value is -2.51. The van der Waals surface area contributed by atoms with Crippen LogP contribution in [0.2, 0.25) is 10.0 Å². The number of oxazole rings is 1. The van der Waals surface area contributed by atoms with E-state index in [1.165, 1.54) is 0 Å². The Bertz CT molecular complexity index is 1110. The molecule has 1 saturated heterocycles. The Morgan fingerprint density at radius 3 is 2.61 bits per heavy atom. The van der Waals surface area contributed by atoms with Crippen molar-refractivity contribution < 1.29 is 13.9 Å². The number of fused-ring (bicyclic) bond motifs is 1. The highest BCUT2D eigenvalue weighted by Crippen LogP contribution is 2.35. The van der Waals surface area contributed by atoms with E-state index in [-0.39, 0.29) is 12.1 Å². The summed E-state index contributed by atoms with van der Waals surface area (Å²) in [6.45, 7) is 9.23. The molecule has 0 spiro atoms. The molecule has 0 radical (unpaired) electrons. The predicted molar refractivity (Wildman–Crippen MR) is 122 cm³/mol. The molecule has 0 saturated carbocycles. The molecule has 1 aromatic carbocycles. The maximum Gasteiger partial charge on any atom is 0.410 e. The summed E-state index contributed by atoms with van der Waals surface area (Å²) in [5.41, 5.74) is 2.18. The molecule has 3 heterocycles. The second-order valence-corrected chi connectivity index (χ2v) is 9.50. The molecule has 1 aliphatic heterocycles. The van der Waals surface area contributed by atoms with Crippen molar-refractivity contribution >= 4 is 46.4 Å². The molecule has 7 nitrogen and oxygen atoms in total. The van der Waals surface area contributed by atoms with E-state index in [1.54, 1.807) is 29.3 Å². The van der Waals surface area contributed by atoms with Crippen LogP contribution in [-0.2, 0) is 4.74 Å². The monoisotopic (exact) mass is 462 g/mol. The quantitative estimate of drug-likeness (QED) is 0.490. The SMILES string of the molecule is CC1CN(C(=O)OC(C)(C)C)CCN1c1nc2cc(Cl)cc(-c3ccc(Cl)cn3)c2o1. The van der Waals surface area contributed by atoms with Gasteiger partial charge < -0.3 is 19.0 Å². The Labute approximate surface area is 190 Å². The maximum absolute atomic E-state index is 12.4. The van der Waals surface area contributed by atoms with Crippen LogP contribution in [0.4, 0.5) is 10.8 Å². The summed E-state index contributed by atoms with van der Waals surface area (Å²) < 4.78 is 11.7. The Kier molecular flexibility index (Phi) is 5.75. The van der Waals surface area contributed by atoms with E-state index in [0.717, 1.165) is 5.56 Å². The average Bonchev–Trinajstić information content (AvgIpc) is 3.10. The summed E-state index contributed by atoms with van der Waals surface area (Å²) in [6, 6.07) is 7.65. The van der Waals surface area contributed by atoms with Gasteiger partial charge in [0.15, 0.2) is 5.58 Å². The highest BCUT2D eigenvalue weighted by Gasteiger charge is 2.32. The first kappa shape index (κ1) is 21.7. The third kappa shape index (κ3) is 4.72. The van der Waals surface area contributed by atoms with E-state index in [2.05, 4.69) is 9.97 Å². The van der Waals surface area contributed by atoms with Crippen LogP contribution in [-0.4, -0.2) is 52.2 Å². The van der Waals surface area contributed by atoms with Crippen molar-refractivity contribution in [1.82, 2.24) is 14.9 Å². The van der Waals surface area contributed by atoms with Crippen molar-refractivity contribution in [2.24, 2.45) is 0 Å². The van der Waals surface area contributed by atoms with E-state index in [4.69, 9.17) is 32.4 Å². The zero-order valence-corrected chi connectivity index (χ0v) is 19.4. The minimum absolute atomic E-state index is 0.00177. The number of anilines is 1. The summed E-state index contributed by atoms with van der Waals surface area (Å²) in [5, 5.41) is 1.10. The third-order valence-corrected chi connectivity index (χ3v) is 5.41. The molecule has 3 aromatic rings. The zero-order valence-electron chi connectivity index (χ0n) is 17.9. The van der Waals surface area contributed by atoms with Crippen LogP contribution >= 0.6 is 23.2 Å². The Balaban J connectivity index is 1.60. The highest BCUT2D eigenvalue weighted by molar-refractivity contribution is 6.32. The Morgan fingerprint density at radius 1 is 1.19 bits per heavy atom. The maximum atomic E-state index is 12.4. The van der Waals surface area contributed by atoms with Crippen LogP contribution in [0.1, 0.15) is 27.7 Å². The fraction of sp³-hybridized carbons (Fsp3) is 0.409. The van der Waals surface area contributed by atoms with Crippen LogP contribution < -0.4 is 4.90 Å². The van der Waals surface area contributed by atoms with Gasteiger partial charge in [-0.15, -0.1) is 0 Å². The number of carbonyl (C=O) groups is 1. The molecule has 9 heteroatoms. The topological polar surface area (TPSA) is 71.7 Å². The molecule has 1 amide bonds. The molecule has 31 heavy (non-hydrogen) atoms.